The van der Waals surface area contributed by atoms with Crippen LogP contribution in [-0.2, 0) is 17.6 Å². The van der Waals surface area contributed by atoms with E-state index in [0.717, 1.165) is 12.8 Å². The number of aryl methyl sites for hydroxylation is 2. The zero-order valence-electron chi connectivity index (χ0n) is 12.1. The molecule has 0 unspecified atom stereocenters. The molecule has 1 aromatic heterocycles. The van der Waals surface area contributed by atoms with E-state index in [9.17, 15) is 9.90 Å². The van der Waals surface area contributed by atoms with Crippen LogP contribution in [0.4, 0.5) is 0 Å². The predicted molar refractivity (Wildman–Crippen MR) is 70.5 cm³/mol. The minimum atomic E-state index is -0.556. The Bertz CT molecular complexity index is 415. The number of carbonyl (C=O) groups excluding carboxylic acids is 1. The molecule has 0 bridgehead atoms. The van der Waals surface area contributed by atoms with Crippen LogP contribution >= 0.6 is 0 Å². The Morgan fingerprint density at radius 1 is 1.42 bits per heavy atom. The quantitative estimate of drug-likeness (QED) is 0.804. The number of aliphatic hydroxyl groups is 1. The van der Waals surface area contributed by atoms with Gasteiger partial charge in [-0.15, -0.1) is 0 Å². The summed E-state index contributed by atoms with van der Waals surface area (Å²) < 4.78 is 5.08. The lowest BCUT2D eigenvalue weighted by molar-refractivity contribution is -0.136. The van der Waals surface area contributed by atoms with Crippen LogP contribution < -0.4 is 0 Å². The Labute approximate surface area is 113 Å². The molecule has 1 heterocycles. The van der Waals surface area contributed by atoms with Gasteiger partial charge < -0.3 is 14.5 Å². The number of hydrogen-bond acceptors (Lipinski definition) is 5. The summed E-state index contributed by atoms with van der Waals surface area (Å²) >= 11 is 0. The second-order valence-electron chi connectivity index (χ2n) is 5.28. The fourth-order valence-corrected chi connectivity index (χ4v) is 1.54. The molecule has 19 heavy (non-hydrogen) atoms. The monoisotopic (exact) mass is 269 g/mol. The SMILES string of the molecule is CCCc1noc(CCC(=O)N(C)C(C)(C)CO)n1. The molecule has 0 radical (unpaired) electrons. The lowest BCUT2D eigenvalue weighted by atomic mass is 10.0. The Kier molecular flexibility index (Phi) is 5.47. The summed E-state index contributed by atoms with van der Waals surface area (Å²) in [6, 6.07) is 0. The van der Waals surface area contributed by atoms with Crippen molar-refractivity contribution >= 4 is 5.91 Å². The number of nitrogens with zero attached hydrogens (tertiary/aromatic N) is 3. The van der Waals surface area contributed by atoms with Crippen LogP contribution in [0.2, 0.25) is 0 Å². The number of likely N-dealkylation sites (N-methyl/N-ethyl adjacent to an activating group) is 1. The molecule has 108 valence electrons. The molecule has 0 aromatic carbocycles. The van der Waals surface area contributed by atoms with Gasteiger partial charge in [-0.3, -0.25) is 4.79 Å². The zero-order chi connectivity index (χ0) is 14.5. The topological polar surface area (TPSA) is 79.5 Å². The van der Waals surface area contributed by atoms with E-state index in [0.29, 0.717) is 24.6 Å². The fourth-order valence-electron chi connectivity index (χ4n) is 1.54. The second-order valence-corrected chi connectivity index (χ2v) is 5.28. The Hall–Kier alpha value is -1.43. The van der Waals surface area contributed by atoms with Crippen molar-refractivity contribution in [1.29, 1.82) is 0 Å². The predicted octanol–water partition coefficient (Wildman–Crippen LogP) is 1.18. The van der Waals surface area contributed by atoms with Gasteiger partial charge in [-0.2, -0.15) is 4.98 Å². The molecule has 1 rings (SSSR count). The average Bonchev–Trinajstić information content (AvgIpc) is 2.83. The van der Waals surface area contributed by atoms with Crippen molar-refractivity contribution in [3.05, 3.63) is 11.7 Å². The summed E-state index contributed by atoms with van der Waals surface area (Å²) in [5.41, 5.74) is -0.556. The molecule has 0 aliphatic carbocycles. The summed E-state index contributed by atoms with van der Waals surface area (Å²) in [6.45, 7) is 5.61. The number of rotatable bonds is 7. The molecule has 1 N–H and O–H groups in total. The first-order chi connectivity index (χ1) is 8.90. The molecule has 0 saturated carbocycles. The van der Waals surface area contributed by atoms with Crippen molar-refractivity contribution in [3.63, 3.8) is 0 Å². The molecular formula is C13H23N3O3. The number of aromatic nitrogens is 2. The van der Waals surface area contributed by atoms with E-state index in [-0.39, 0.29) is 12.5 Å². The van der Waals surface area contributed by atoms with Crippen molar-refractivity contribution in [2.24, 2.45) is 0 Å². The smallest absolute Gasteiger partial charge is 0.227 e. The maximum Gasteiger partial charge on any atom is 0.227 e. The lowest BCUT2D eigenvalue weighted by Crippen LogP contribution is -2.47. The van der Waals surface area contributed by atoms with Gasteiger partial charge in [0.05, 0.1) is 12.1 Å². The van der Waals surface area contributed by atoms with Crippen LogP contribution in [-0.4, -0.2) is 45.2 Å². The van der Waals surface area contributed by atoms with Gasteiger partial charge in [0.25, 0.3) is 0 Å². The van der Waals surface area contributed by atoms with E-state index in [1.165, 1.54) is 0 Å². The highest BCUT2D eigenvalue weighted by Gasteiger charge is 2.26. The van der Waals surface area contributed by atoms with E-state index >= 15 is 0 Å². The number of amides is 1. The Morgan fingerprint density at radius 2 is 2.11 bits per heavy atom. The van der Waals surface area contributed by atoms with Crippen molar-refractivity contribution in [2.75, 3.05) is 13.7 Å². The van der Waals surface area contributed by atoms with Gasteiger partial charge in [-0.05, 0) is 20.3 Å². The first-order valence-electron chi connectivity index (χ1n) is 6.59. The maximum absolute atomic E-state index is 12.0. The summed E-state index contributed by atoms with van der Waals surface area (Å²) in [4.78, 5) is 17.7. The van der Waals surface area contributed by atoms with Crippen LogP contribution in [0.25, 0.3) is 0 Å². The van der Waals surface area contributed by atoms with Gasteiger partial charge in [-0.1, -0.05) is 12.1 Å². The van der Waals surface area contributed by atoms with Gasteiger partial charge >= 0.3 is 0 Å². The molecule has 1 amide bonds. The zero-order valence-corrected chi connectivity index (χ0v) is 12.1. The van der Waals surface area contributed by atoms with E-state index in [4.69, 9.17) is 4.52 Å². The molecule has 0 atom stereocenters. The third kappa shape index (κ3) is 4.31. The summed E-state index contributed by atoms with van der Waals surface area (Å²) in [6.07, 6.45) is 2.48. The Balaban J connectivity index is 2.49. The molecular weight excluding hydrogens is 246 g/mol. The first-order valence-corrected chi connectivity index (χ1v) is 6.59. The van der Waals surface area contributed by atoms with Crippen LogP contribution in [0.15, 0.2) is 4.52 Å². The normalized spacial score (nSPS) is 11.6. The third-order valence-electron chi connectivity index (χ3n) is 3.21. The first kappa shape index (κ1) is 15.6. The van der Waals surface area contributed by atoms with E-state index in [1.807, 2.05) is 20.8 Å². The van der Waals surface area contributed by atoms with E-state index < -0.39 is 5.54 Å². The number of hydrogen-bond donors (Lipinski definition) is 1. The molecule has 0 aliphatic heterocycles. The summed E-state index contributed by atoms with van der Waals surface area (Å²) in [5.74, 6) is 1.13. The number of aliphatic hydroxyl groups excluding tert-OH is 1. The third-order valence-corrected chi connectivity index (χ3v) is 3.21. The van der Waals surface area contributed by atoms with Gasteiger partial charge in [0, 0.05) is 26.3 Å². The summed E-state index contributed by atoms with van der Waals surface area (Å²) in [7, 11) is 1.69. The van der Waals surface area contributed by atoms with Gasteiger partial charge in [-0.25, -0.2) is 0 Å². The van der Waals surface area contributed by atoms with Gasteiger partial charge in [0.1, 0.15) is 0 Å². The minimum absolute atomic E-state index is 0.0470. The van der Waals surface area contributed by atoms with E-state index in [2.05, 4.69) is 10.1 Å². The molecule has 1 aromatic rings. The van der Waals surface area contributed by atoms with Crippen molar-refractivity contribution in [1.82, 2.24) is 15.0 Å². The van der Waals surface area contributed by atoms with Crippen LogP contribution in [0, 0.1) is 0 Å². The minimum Gasteiger partial charge on any atom is -0.394 e. The van der Waals surface area contributed by atoms with Gasteiger partial charge in [0.2, 0.25) is 11.8 Å². The Morgan fingerprint density at radius 3 is 2.68 bits per heavy atom. The van der Waals surface area contributed by atoms with Crippen LogP contribution in [0.1, 0.15) is 45.3 Å². The van der Waals surface area contributed by atoms with Gasteiger partial charge in [0.15, 0.2) is 5.82 Å². The van der Waals surface area contributed by atoms with Crippen LogP contribution in [0.5, 0.6) is 0 Å². The highest BCUT2D eigenvalue weighted by atomic mass is 16.5. The van der Waals surface area contributed by atoms with E-state index in [1.54, 1.807) is 11.9 Å². The average molecular weight is 269 g/mol. The maximum atomic E-state index is 12.0. The van der Waals surface area contributed by atoms with Crippen LogP contribution in [0.3, 0.4) is 0 Å². The fraction of sp³-hybridized carbons (Fsp3) is 0.769. The van der Waals surface area contributed by atoms with Crippen molar-refractivity contribution in [3.8, 4) is 0 Å². The largest absolute Gasteiger partial charge is 0.394 e. The standard InChI is InChI=1S/C13H23N3O3/c1-5-6-10-14-11(19-15-10)7-8-12(18)16(4)13(2,3)9-17/h17H,5-9H2,1-4H3. The molecule has 6 heteroatoms. The number of carbonyl (C=O) groups is 1. The summed E-state index contributed by atoms with van der Waals surface area (Å²) in [5, 5.41) is 13.1. The highest BCUT2D eigenvalue weighted by Crippen LogP contribution is 2.13. The molecule has 0 fully saturated rings. The molecule has 0 saturated heterocycles. The lowest BCUT2D eigenvalue weighted by Gasteiger charge is -2.33. The van der Waals surface area contributed by atoms with Crippen molar-refractivity contribution in [2.45, 2.75) is 52.0 Å². The second kappa shape index (κ2) is 6.65. The molecule has 0 aliphatic rings. The molecule has 0 spiro atoms. The highest BCUT2D eigenvalue weighted by molar-refractivity contribution is 5.76. The molecule has 6 nitrogen and oxygen atoms in total. The van der Waals surface area contributed by atoms with Crippen molar-refractivity contribution < 1.29 is 14.4 Å².